The number of nitrogen functional groups attached to an aromatic ring is 1. The number of hydrogen-bond donors (Lipinski definition) is 1. The molecule has 2 N–H and O–H groups in total. The van der Waals surface area contributed by atoms with Crippen molar-refractivity contribution in [2.45, 2.75) is 57.0 Å². The number of rotatable bonds is 4. The summed E-state index contributed by atoms with van der Waals surface area (Å²) in [5.41, 5.74) is 6.38. The Bertz CT molecular complexity index is 951. The lowest BCUT2D eigenvalue weighted by Crippen LogP contribution is -2.53. The van der Waals surface area contributed by atoms with E-state index in [9.17, 15) is 17.6 Å². The number of anilines is 1. The fourth-order valence-corrected chi connectivity index (χ4v) is 5.36. The molecule has 2 aromatic rings. The van der Waals surface area contributed by atoms with Crippen LogP contribution in [-0.4, -0.2) is 45.0 Å². The van der Waals surface area contributed by atoms with Gasteiger partial charge in [-0.1, -0.05) is 0 Å². The number of nitrogens with two attached hydrogens (primary N) is 1. The molecule has 1 aliphatic heterocycles. The van der Waals surface area contributed by atoms with Gasteiger partial charge in [0.25, 0.3) is 0 Å². The molecule has 5 nitrogen and oxygen atoms in total. The molecular weight excluding hydrogens is 398 g/mol. The van der Waals surface area contributed by atoms with E-state index in [1.807, 2.05) is 24.6 Å². The molecule has 1 saturated heterocycles. The van der Waals surface area contributed by atoms with Gasteiger partial charge < -0.3 is 5.73 Å². The zero-order valence-electron chi connectivity index (χ0n) is 16.9. The van der Waals surface area contributed by atoms with E-state index in [-0.39, 0.29) is 6.04 Å². The molecule has 0 aromatic carbocycles. The number of hydrogen-bond acceptors (Lipinski definition) is 4. The quantitative estimate of drug-likeness (QED) is 0.746. The predicted molar refractivity (Wildman–Crippen MR) is 104 cm³/mol. The zero-order valence-corrected chi connectivity index (χ0v) is 16.9. The van der Waals surface area contributed by atoms with E-state index in [0.29, 0.717) is 48.1 Å². The average molecular weight is 423 g/mol. The summed E-state index contributed by atoms with van der Waals surface area (Å²) in [5, 5.41) is 4.62. The van der Waals surface area contributed by atoms with Crippen LogP contribution in [0.1, 0.15) is 49.9 Å². The van der Waals surface area contributed by atoms with Crippen LogP contribution in [0.5, 0.6) is 0 Å². The molecule has 0 amide bonds. The molecule has 0 bridgehead atoms. The van der Waals surface area contributed by atoms with Gasteiger partial charge in [-0.3, -0.25) is 9.58 Å². The fourth-order valence-electron chi connectivity index (χ4n) is 5.36. The van der Waals surface area contributed by atoms with Gasteiger partial charge in [-0.05, 0) is 50.7 Å². The molecule has 9 heteroatoms. The number of aromatic nitrogens is 3. The third-order valence-electron chi connectivity index (χ3n) is 6.92. The second-order valence-corrected chi connectivity index (χ2v) is 9.18. The summed E-state index contributed by atoms with van der Waals surface area (Å²) in [7, 11) is 0. The summed E-state index contributed by atoms with van der Waals surface area (Å²) in [5.74, 6) is 0.937. The number of nitrogens with zero attached hydrogens (tertiary/aromatic N) is 4. The minimum atomic E-state index is -4.56. The van der Waals surface area contributed by atoms with Crippen molar-refractivity contribution in [2.75, 3.05) is 18.8 Å². The third kappa shape index (κ3) is 3.18. The molecule has 4 atom stereocenters. The minimum absolute atomic E-state index is 0.0948. The van der Waals surface area contributed by atoms with E-state index in [2.05, 4.69) is 15.0 Å². The molecule has 2 saturated carbocycles. The molecule has 5 rings (SSSR count). The second kappa shape index (κ2) is 6.67. The number of pyridine rings is 1. The Kier molecular flexibility index (Phi) is 4.40. The third-order valence-corrected chi connectivity index (χ3v) is 6.92. The molecule has 2 aromatic heterocycles. The summed E-state index contributed by atoms with van der Waals surface area (Å²) in [4.78, 5) is 5.98. The molecule has 2 aliphatic carbocycles. The molecule has 162 valence electrons. The van der Waals surface area contributed by atoms with E-state index in [1.54, 1.807) is 0 Å². The van der Waals surface area contributed by atoms with Crippen molar-refractivity contribution >= 4 is 5.82 Å². The van der Waals surface area contributed by atoms with Gasteiger partial charge in [0.15, 0.2) is 0 Å². The highest BCUT2D eigenvalue weighted by Crippen LogP contribution is 2.64. The minimum Gasteiger partial charge on any atom is -0.383 e. The standard InChI is InChI=1S/C21H25F4N5/c1-10(2)30-18(19-14-4-13(5-15(14)19)29-8-12(22)9-29)6-17(28-30)11-3-16(21(23,24)25)20(26)27-7-11/h3,6-7,10,12-15,19H,4-5,8-9H2,1-2H3,(H2,26,27)/t13-,14+,15-,19-. The summed E-state index contributed by atoms with van der Waals surface area (Å²) >= 11 is 0. The van der Waals surface area contributed by atoms with Gasteiger partial charge in [0.05, 0.1) is 11.3 Å². The van der Waals surface area contributed by atoms with E-state index >= 15 is 0 Å². The number of fused-ring (bicyclic) bond motifs is 1. The Labute approximate surface area is 172 Å². The van der Waals surface area contributed by atoms with Crippen LogP contribution in [0.3, 0.4) is 0 Å². The van der Waals surface area contributed by atoms with Crippen molar-refractivity contribution < 1.29 is 17.6 Å². The van der Waals surface area contributed by atoms with Gasteiger partial charge in [-0.25, -0.2) is 9.37 Å². The van der Waals surface area contributed by atoms with Crippen molar-refractivity contribution in [3.63, 3.8) is 0 Å². The Hall–Kier alpha value is -2.16. The van der Waals surface area contributed by atoms with Gasteiger partial charge in [0, 0.05) is 48.5 Å². The van der Waals surface area contributed by atoms with Gasteiger partial charge >= 0.3 is 6.18 Å². The largest absolute Gasteiger partial charge is 0.419 e. The van der Waals surface area contributed by atoms with E-state index < -0.39 is 23.7 Å². The maximum atomic E-state index is 13.2. The van der Waals surface area contributed by atoms with E-state index in [4.69, 9.17) is 5.73 Å². The molecule has 3 heterocycles. The highest BCUT2D eigenvalue weighted by atomic mass is 19.4. The SMILES string of the molecule is CC(C)n1nc(-c2cnc(N)c(C(F)(F)F)c2)cc1[C@H]1[C@@H]2C[C@H](N3CC(F)C3)C[C@@H]21. The van der Waals surface area contributed by atoms with Crippen LogP contribution in [0, 0.1) is 11.8 Å². The monoisotopic (exact) mass is 423 g/mol. The molecule has 0 radical (unpaired) electrons. The lowest BCUT2D eigenvalue weighted by atomic mass is 9.99. The highest BCUT2D eigenvalue weighted by Gasteiger charge is 2.59. The van der Waals surface area contributed by atoms with E-state index in [1.165, 1.54) is 6.20 Å². The Balaban J connectivity index is 1.40. The Morgan fingerprint density at radius 1 is 1.13 bits per heavy atom. The summed E-state index contributed by atoms with van der Waals surface area (Å²) < 4.78 is 54.8. The highest BCUT2D eigenvalue weighted by molar-refractivity contribution is 5.63. The molecule has 3 aliphatic rings. The molecular formula is C21H25F4N5. The van der Waals surface area contributed by atoms with Gasteiger partial charge in [-0.15, -0.1) is 0 Å². The average Bonchev–Trinajstić information content (AvgIpc) is 3.00. The van der Waals surface area contributed by atoms with Crippen molar-refractivity contribution in [3.8, 4) is 11.3 Å². The predicted octanol–water partition coefficient (Wildman–Crippen LogP) is 4.27. The van der Waals surface area contributed by atoms with Crippen LogP contribution in [-0.2, 0) is 6.18 Å². The van der Waals surface area contributed by atoms with Crippen LogP contribution in [0.25, 0.3) is 11.3 Å². The van der Waals surface area contributed by atoms with E-state index in [0.717, 1.165) is 24.6 Å². The van der Waals surface area contributed by atoms with Crippen LogP contribution in [0.2, 0.25) is 0 Å². The van der Waals surface area contributed by atoms with Crippen molar-refractivity contribution in [1.29, 1.82) is 0 Å². The topological polar surface area (TPSA) is 60.0 Å². The second-order valence-electron chi connectivity index (χ2n) is 9.18. The van der Waals surface area contributed by atoms with Crippen LogP contribution in [0.15, 0.2) is 18.3 Å². The Morgan fingerprint density at radius 2 is 1.80 bits per heavy atom. The molecule has 3 fully saturated rings. The normalized spacial score (nSPS) is 29.3. The molecule has 0 spiro atoms. The molecule has 0 unspecified atom stereocenters. The smallest absolute Gasteiger partial charge is 0.383 e. The lowest BCUT2D eigenvalue weighted by Gasteiger charge is -2.40. The van der Waals surface area contributed by atoms with Gasteiger partial charge in [-0.2, -0.15) is 18.3 Å². The molecule has 30 heavy (non-hydrogen) atoms. The first-order chi connectivity index (χ1) is 14.1. The number of alkyl halides is 4. The van der Waals surface area contributed by atoms with Crippen LogP contribution in [0.4, 0.5) is 23.4 Å². The first-order valence-corrected chi connectivity index (χ1v) is 10.4. The first kappa shape index (κ1) is 19.8. The van der Waals surface area contributed by atoms with Gasteiger partial charge in [0.2, 0.25) is 0 Å². The van der Waals surface area contributed by atoms with Gasteiger partial charge in [0.1, 0.15) is 12.0 Å². The number of likely N-dealkylation sites (tertiary alicyclic amines) is 1. The lowest BCUT2D eigenvalue weighted by molar-refractivity contribution is -0.137. The summed E-state index contributed by atoms with van der Waals surface area (Å²) in [6.07, 6.45) is -1.78. The summed E-state index contributed by atoms with van der Waals surface area (Å²) in [6.45, 7) is 5.14. The fraction of sp³-hybridized carbons (Fsp3) is 0.619. The van der Waals surface area contributed by atoms with Crippen molar-refractivity contribution in [1.82, 2.24) is 19.7 Å². The maximum Gasteiger partial charge on any atom is 0.419 e. The maximum absolute atomic E-state index is 13.2. The van der Waals surface area contributed by atoms with Crippen LogP contribution < -0.4 is 5.73 Å². The Morgan fingerprint density at radius 3 is 2.37 bits per heavy atom. The number of halogens is 4. The van der Waals surface area contributed by atoms with Crippen molar-refractivity contribution in [3.05, 3.63) is 29.6 Å². The summed E-state index contributed by atoms with van der Waals surface area (Å²) in [6, 6.07) is 3.50. The van der Waals surface area contributed by atoms with Crippen molar-refractivity contribution in [2.24, 2.45) is 11.8 Å². The zero-order chi connectivity index (χ0) is 21.4. The first-order valence-electron chi connectivity index (χ1n) is 10.4. The van der Waals surface area contributed by atoms with Crippen LogP contribution >= 0.6 is 0 Å².